The van der Waals surface area contributed by atoms with Crippen LogP contribution >= 0.6 is 27.5 Å². The second-order valence-corrected chi connectivity index (χ2v) is 4.25. The molecule has 0 bridgehead atoms. The quantitative estimate of drug-likeness (QED) is 0.834. The zero-order chi connectivity index (χ0) is 10.7. The summed E-state index contributed by atoms with van der Waals surface area (Å²) >= 11 is 9.01. The van der Waals surface area contributed by atoms with E-state index in [2.05, 4.69) is 15.9 Å². The van der Waals surface area contributed by atoms with Crippen LogP contribution in [0.25, 0.3) is 0 Å². The number of alkyl halides is 1. The van der Waals surface area contributed by atoms with Crippen molar-refractivity contribution in [2.24, 2.45) is 0 Å². The minimum absolute atomic E-state index is 0.318. The summed E-state index contributed by atoms with van der Waals surface area (Å²) in [7, 11) is 0. The second kappa shape index (κ2) is 5.12. The van der Waals surface area contributed by atoms with Crippen LogP contribution < -0.4 is 0 Å². The summed E-state index contributed by atoms with van der Waals surface area (Å²) in [5.41, 5.74) is 1.57. The van der Waals surface area contributed by atoms with E-state index in [1.807, 2.05) is 13.0 Å². The topological polar surface area (TPSA) is 40.5 Å². The highest BCUT2D eigenvalue weighted by atomic mass is 79.9. The van der Waals surface area contributed by atoms with Crippen molar-refractivity contribution in [2.45, 2.75) is 19.1 Å². The lowest BCUT2D eigenvalue weighted by atomic mass is 10.0. The van der Waals surface area contributed by atoms with Crippen LogP contribution in [0.5, 0.6) is 0 Å². The maximum absolute atomic E-state index is 9.73. The molecule has 0 amide bonds. The molecule has 1 aromatic rings. The molecular weight excluding hydrogens is 267 g/mol. The third-order valence-electron chi connectivity index (χ3n) is 1.99. The van der Waals surface area contributed by atoms with E-state index in [0.717, 1.165) is 5.56 Å². The number of rotatable bonds is 3. The van der Waals surface area contributed by atoms with E-state index in [4.69, 9.17) is 11.6 Å². The molecule has 0 aromatic heterocycles. The van der Waals surface area contributed by atoms with Gasteiger partial charge in [0.15, 0.2) is 0 Å². The Labute approximate surface area is 96.7 Å². The Morgan fingerprint density at radius 1 is 1.43 bits per heavy atom. The largest absolute Gasteiger partial charge is 0.389 e. The summed E-state index contributed by atoms with van der Waals surface area (Å²) in [6.45, 7) is 1.91. The highest BCUT2D eigenvalue weighted by Gasteiger charge is 2.19. The summed E-state index contributed by atoms with van der Waals surface area (Å²) in [5.74, 6) is 0. The average Bonchev–Trinajstić information content (AvgIpc) is 2.19. The summed E-state index contributed by atoms with van der Waals surface area (Å²) in [5, 5.41) is 20.0. The molecule has 0 radical (unpaired) electrons. The van der Waals surface area contributed by atoms with Gasteiger partial charge in [0.1, 0.15) is 6.10 Å². The fourth-order valence-electron chi connectivity index (χ4n) is 1.18. The van der Waals surface area contributed by atoms with Gasteiger partial charge in [0.25, 0.3) is 0 Å². The van der Waals surface area contributed by atoms with Crippen LogP contribution in [0, 0.1) is 6.92 Å². The van der Waals surface area contributed by atoms with Gasteiger partial charge in [0, 0.05) is 15.9 Å². The van der Waals surface area contributed by atoms with Crippen LogP contribution in [0.4, 0.5) is 0 Å². The van der Waals surface area contributed by atoms with E-state index in [1.165, 1.54) is 0 Å². The van der Waals surface area contributed by atoms with Gasteiger partial charge in [0.05, 0.1) is 6.10 Å². The molecule has 14 heavy (non-hydrogen) atoms. The van der Waals surface area contributed by atoms with E-state index in [9.17, 15) is 10.2 Å². The average molecular weight is 280 g/mol. The van der Waals surface area contributed by atoms with E-state index >= 15 is 0 Å². The Morgan fingerprint density at radius 2 is 2.07 bits per heavy atom. The number of hydrogen-bond acceptors (Lipinski definition) is 2. The van der Waals surface area contributed by atoms with Gasteiger partial charge in [0.2, 0.25) is 0 Å². The fourth-order valence-corrected chi connectivity index (χ4v) is 1.76. The van der Waals surface area contributed by atoms with Crippen LogP contribution in [0.3, 0.4) is 0 Å². The maximum atomic E-state index is 9.73. The van der Waals surface area contributed by atoms with Gasteiger partial charge in [-0.05, 0) is 13.0 Å². The zero-order valence-electron chi connectivity index (χ0n) is 7.74. The molecular formula is C10H12BrClO2. The molecule has 2 nitrogen and oxygen atoms in total. The molecule has 2 atom stereocenters. The van der Waals surface area contributed by atoms with Gasteiger partial charge in [-0.25, -0.2) is 0 Å². The second-order valence-electron chi connectivity index (χ2n) is 3.19. The van der Waals surface area contributed by atoms with Crippen molar-refractivity contribution < 1.29 is 10.2 Å². The van der Waals surface area contributed by atoms with Crippen molar-refractivity contribution in [3.63, 3.8) is 0 Å². The summed E-state index contributed by atoms with van der Waals surface area (Å²) in [6, 6.07) is 5.36. The van der Waals surface area contributed by atoms with Crippen LogP contribution in [0.2, 0.25) is 5.02 Å². The molecule has 2 unspecified atom stereocenters. The Kier molecular flexibility index (Phi) is 4.38. The molecule has 1 rings (SSSR count). The van der Waals surface area contributed by atoms with E-state index in [1.54, 1.807) is 12.1 Å². The molecule has 0 heterocycles. The van der Waals surface area contributed by atoms with Gasteiger partial charge in [-0.3, -0.25) is 0 Å². The molecule has 0 aliphatic heterocycles. The number of aryl methyl sites for hydroxylation is 1. The first-order valence-corrected chi connectivity index (χ1v) is 5.74. The predicted octanol–water partition coefficient (Wildman–Crippen LogP) is 2.44. The van der Waals surface area contributed by atoms with Crippen molar-refractivity contribution in [2.75, 3.05) is 5.33 Å². The molecule has 2 N–H and O–H groups in total. The molecule has 4 heteroatoms. The summed E-state index contributed by atoms with van der Waals surface area (Å²) in [4.78, 5) is 0. The molecule has 0 saturated carbocycles. The van der Waals surface area contributed by atoms with Crippen LogP contribution in [0.1, 0.15) is 17.2 Å². The lowest BCUT2D eigenvalue weighted by Gasteiger charge is -2.17. The molecule has 0 aliphatic rings. The highest BCUT2D eigenvalue weighted by molar-refractivity contribution is 9.09. The lowest BCUT2D eigenvalue weighted by Crippen LogP contribution is -2.19. The standard InChI is InChI=1S/C10H12BrClO2/c1-6-2-3-8(12)7(4-6)10(14)9(13)5-11/h2-4,9-10,13-14H,5H2,1H3. The molecule has 0 aliphatic carbocycles. The molecule has 0 spiro atoms. The van der Waals surface area contributed by atoms with Crippen LogP contribution in [0.15, 0.2) is 18.2 Å². The highest BCUT2D eigenvalue weighted by Crippen LogP contribution is 2.26. The number of halogens is 2. The van der Waals surface area contributed by atoms with Crippen LogP contribution in [-0.2, 0) is 0 Å². The van der Waals surface area contributed by atoms with Crippen molar-refractivity contribution in [3.8, 4) is 0 Å². The van der Waals surface area contributed by atoms with Crippen molar-refractivity contribution in [1.29, 1.82) is 0 Å². The predicted molar refractivity (Wildman–Crippen MR) is 60.9 cm³/mol. The first kappa shape index (κ1) is 12.0. The van der Waals surface area contributed by atoms with E-state index in [-0.39, 0.29) is 0 Å². The SMILES string of the molecule is Cc1ccc(Cl)c(C(O)C(O)CBr)c1. The minimum atomic E-state index is -0.943. The van der Waals surface area contributed by atoms with E-state index < -0.39 is 12.2 Å². The third kappa shape index (κ3) is 2.70. The number of benzene rings is 1. The Morgan fingerprint density at radius 3 is 2.64 bits per heavy atom. The summed E-state index contributed by atoms with van der Waals surface area (Å²) in [6.07, 6.45) is -1.78. The normalized spacial score (nSPS) is 15.2. The van der Waals surface area contributed by atoms with E-state index in [0.29, 0.717) is 15.9 Å². The molecule has 0 saturated heterocycles. The Hall–Kier alpha value is -0.0900. The fraction of sp³-hybridized carbons (Fsp3) is 0.400. The zero-order valence-corrected chi connectivity index (χ0v) is 10.1. The number of aliphatic hydroxyl groups excluding tert-OH is 2. The third-order valence-corrected chi connectivity index (χ3v) is 3.00. The number of hydrogen-bond donors (Lipinski definition) is 2. The van der Waals surface area contributed by atoms with Gasteiger partial charge in [-0.1, -0.05) is 45.2 Å². The van der Waals surface area contributed by atoms with Gasteiger partial charge in [-0.15, -0.1) is 0 Å². The van der Waals surface area contributed by atoms with Gasteiger partial charge >= 0.3 is 0 Å². The van der Waals surface area contributed by atoms with Crippen molar-refractivity contribution >= 4 is 27.5 Å². The Bertz CT molecular complexity index is 317. The molecule has 0 fully saturated rings. The maximum Gasteiger partial charge on any atom is 0.107 e. The lowest BCUT2D eigenvalue weighted by molar-refractivity contribution is 0.0343. The van der Waals surface area contributed by atoms with Crippen molar-refractivity contribution in [3.05, 3.63) is 34.3 Å². The van der Waals surface area contributed by atoms with Crippen LogP contribution in [-0.4, -0.2) is 21.6 Å². The molecule has 78 valence electrons. The monoisotopic (exact) mass is 278 g/mol. The first-order chi connectivity index (χ1) is 6.56. The minimum Gasteiger partial charge on any atom is -0.389 e. The smallest absolute Gasteiger partial charge is 0.107 e. The first-order valence-electron chi connectivity index (χ1n) is 4.24. The van der Waals surface area contributed by atoms with Crippen molar-refractivity contribution in [1.82, 2.24) is 0 Å². The number of aliphatic hydroxyl groups is 2. The summed E-state index contributed by atoms with van der Waals surface area (Å²) < 4.78 is 0. The van der Waals surface area contributed by atoms with Gasteiger partial charge in [-0.2, -0.15) is 0 Å². The molecule has 1 aromatic carbocycles. The van der Waals surface area contributed by atoms with Gasteiger partial charge < -0.3 is 10.2 Å². The Balaban J connectivity index is 2.99.